The average Bonchev–Trinajstić information content (AvgIpc) is 3.11. The van der Waals surface area contributed by atoms with Crippen LogP contribution in [0, 0.1) is 19.8 Å². The molecule has 5 nitrogen and oxygen atoms in total. The maximum Gasteiger partial charge on any atom is 0.433 e. The van der Waals surface area contributed by atoms with Crippen LogP contribution in [0.1, 0.15) is 47.2 Å². The Kier molecular flexibility index (Phi) is 7.30. The van der Waals surface area contributed by atoms with Gasteiger partial charge in [-0.05, 0) is 61.9 Å². The van der Waals surface area contributed by atoms with Crippen LogP contribution in [0.2, 0.25) is 10.0 Å². The number of aryl methyl sites for hydroxylation is 2. The van der Waals surface area contributed by atoms with Crippen molar-refractivity contribution in [2.45, 2.75) is 45.8 Å². The third kappa shape index (κ3) is 5.20. The van der Waals surface area contributed by atoms with E-state index in [4.69, 9.17) is 28.3 Å². The Morgan fingerprint density at radius 3 is 2.47 bits per heavy atom. The Labute approximate surface area is 217 Å². The molecule has 1 aliphatic heterocycles. The number of carboxylic acids is 1. The fraction of sp³-hybridized carbons (Fsp3) is 0.385. The number of aliphatic carboxylic acids is 1. The summed E-state index contributed by atoms with van der Waals surface area (Å²) in [6.07, 6.45) is -1.10. The number of nitrogens with zero attached hydrogens (tertiary/aromatic N) is 3. The third-order valence-electron chi connectivity index (χ3n) is 6.77. The van der Waals surface area contributed by atoms with Crippen LogP contribution in [-0.2, 0) is 17.5 Å². The molecule has 0 unspecified atom stereocenters. The molecule has 3 heterocycles. The Bertz CT molecular complexity index is 1340. The van der Waals surface area contributed by atoms with Crippen molar-refractivity contribution in [1.29, 1.82) is 0 Å². The number of halogens is 5. The molecule has 4 rings (SSSR count). The van der Waals surface area contributed by atoms with E-state index in [9.17, 15) is 18.0 Å². The fourth-order valence-electron chi connectivity index (χ4n) is 4.89. The highest BCUT2D eigenvalue weighted by Gasteiger charge is 2.33. The molecule has 1 N–H and O–H groups in total. The van der Waals surface area contributed by atoms with E-state index >= 15 is 0 Å². The predicted octanol–water partition coefficient (Wildman–Crippen LogP) is 7.18. The molecule has 1 saturated heterocycles. The lowest BCUT2D eigenvalue weighted by Gasteiger charge is -2.35. The number of carbonyl (C=O) groups is 1. The quantitative estimate of drug-likeness (QED) is 0.360. The minimum absolute atomic E-state index is 0.141. The first-order valence-electron chi connectivity index (χ1n) is 11.5. The van der Waals surface area contributed by atoms with Crippen molar-refractivity contribution in [2.75, 3.05) is 13.1 Å². The normalized spacial score (nSPS) is 15.0. The van der Waals surface area contributed by atoms with Gasteiger partial charge in [0.05, 0.1) is 22.6 Å². The van der Waals surface area contributed by atoms with Crippen molar-refractivity contribution in [3.05, 3.63) is 69.0 Å². The number of pyridine rings is 1. The van der Waals surface area contributed by atoms with Crippen LogP contribution < -0.4 is 0 Å². The van der Waals surface area contributed by atoms with Crippen molar-refractivity contribution in [3.63, 3.8) is 0 Å². The molecule has 0 saturated carbocycles. The zero-order valence-corrected chi connectivity index (χ0v) is 21.4. The van der Waals surface area contributed by atoms with Crippen molar-refractivity contribution in [2.24, 2.45) is 5.92 Å². The van der Waals surface area contributed by atoms with Crippen LogP contribution in [0.15, 0.2) is 31.0 Å². The molecular formula is C26H26Cl2F3N3O2. The minimum atomic E-state index is -4.53. The summed E-state index contributed by atoms with van der Waals surface area (Å²) in [6, 6.07) is 4.60. The molecule has 10 heteroatoms. The highest BCUT2D eigenvalue weighted by Crippen LogP contribution is 2.37. The number of rotatable bonds is 6. The van der Waals surface area contributed by atoms with Gasteiger partial charge in [-0.2, -0.15) is 13.2 Å². The summed E-state index contributed by atoms with van der Waals surface area (Å²) >= 11 is 13.4. The van der Waals surface area contributed by atoms with Gasteiger partial charge in [-0.15, -0.1) is 0 Å². The van der Waals surface area contributed by atoms with E-state index in [0.717, 1.165) is 30.2 Å². The van der Waals surface area contributed by atoms with Crippen LogP contribution in [0.5, 0.6) is 0 Å². The van der Waals surface area contributed by atoms with E-state index in [-0.39, 0.29) is 18.9 Å². The average molecular weight is 540 g/mol. The van der Waals surface area contributed by atoms with Gasteiger partial charge >= 0.3 is 12.1 Å². The molecule has 1 aromatic carbocycles. The Morgan fingerprint density at radius 2 is 1.86 bits per heavy atom. The number of benzene rings is 1. The van der Waals surface area contributed by atoms with Gasteiger partial charge in [0.1, 0.15) is 5.69 Å². The van der Waals surface area contributed by atoms with E-state index in [1.807, 2.05) is 4.57 Å². The molecule has 0 amide bonds. The molecule has 2 aromatic heterocycles. The van der Waals surface area contributed by atoms with Crippen molar-refractivity contribution in [1.82, 2.24) is 14.5 Å². The monoisotopic (exact) mass is 539 g/mol. The predicted molar refractivity (Wildman–Crippen MR) is 135 cm³/mol. The van der Waals surface area contributed by atoms with Crippen molar-refractivity contribution >= 4 is 45.9 Å². The zero-order chi connectivity index (χ0) is 26.4. The lowest BCUT2D eigenvalue weighted by Crippen LogP contribution is -2.33. The Balaban J connectivity index is 1.64. The largest absolute Gasteiger partial charge is 0.481 e. The van der Waals surface area contributed by atoms with Gasteiger partial charge in [0.25, 0.3) is 0 Å². The van der Waals surface area contributed by atoms with Crippen LogP contribution >= 0.6 is 23.2 Å². The van der Waals surface area contributed by atoms with Gasteiger partial charge in [-0.25, -0.2) is 4.98 Å². The highest BCUT2D eigenvalue weighted by atomic mass is 35.5. The first-order valence-corrected chi connectivity index (χ1v) is 12.3. The van der Waals surface area contributed by atoms with Gasteiger partial charge in [0, 0.05) is 47.6 Å². The van der Waals surface area contributed by atoms with Gasteiger partial charge in [-0.3, -0.25) is 4.79 Å². The van der Waals surface area contributed by atoms with E-state index in [0.29, 0.717) is 50.9 Å². The Hall–Kier alpha value is -2.71. The molecule has 0 radical (unpaired) electrons. The molecule has 192 valence electrons. The first kappa shape index (κ1) is 26.4. The van der Waals surface area contributed by atoms with Crippen LogP contribution in [0.25, 0.3) is 16.7 Å². The summed E-state index contributed by atoms with van der Waals surface area (Å²) < 4.78 is 41.7. The summed E-state index contributed by atoms with van der Waals surface area (Å²) in [6.45, 7) is 9.19. The summed E-state index contributed by atoms with van der Waals surface area (Å²) in [5.74, 6) is -0.645. The second kappa shape index (κ2) is 9.98. The molecule has 0 spiro atoms. The number of carboxylic acid groups (broad SMARTS) is 1. The van der Waals surface area contributed by atoms with Crippen molar-refractivity contribution < 1.29 is 23.1 Å². The van der Waals surface area contributed by atoms with E-state index in [1.165, 1.54) is 0 Å². The molecule has 0 aliphatic carbocycles. The molecular weight excluding hydrogens is 514 g/mol. The smallest absolute Gasteiger partial charge is 0.433 e. The lowest BCUT2D eigenvalue weighted by atomic mass is 9.93. The Morgan fingerprint density at radius 1 is 1.19 bits per heavy atom. The van der Waals surface area contributed by atoms with Gasteiger partial charge < -0.3 is 14.6 Å². The number of alkyl halides is 3. The van der Waals surface area contributed by atoms with Crippen molar-refractivity contribution in [3.8, 4) is 0 Å². The second-order valence-electron chi connectivity index (χ2n) is 9.32. The number of aromatic nitrogens is 2. The minimum Gasteiger partial charge on any atom is -0.481 e. The van der Waals surface area contributed by atoms with Crippen LogP contribution in [-0.4, -0.2) is 38.6 Å². The summed E-state index contributed by atoms with van der Waals surface area (Å²) in [4.78, 5) is 17.0. The summed E-state index contributed by atoms with van der Waals surface area (Å²) in [5, 5.41) is 9.92. The topological polar surface area (TPSA) is 58.4 Å². The molecule has 3 aromatic rings. The highest BCUT2D eigenvalue weighted by molar-refractivity contribution is 6.37. The molecule has 0 atom stereocenters. The number of hydrogen-bond donors (Lipinski definition) is 1. The maximum atomic E-state index is 13.3. The van der Waals surface area contributed by atoms with E-state index in [1.54, 1.807) is 32.2 Å². The fourth-order valence-corrected chi connectivity index (χ4v) is 5.49. The molecule has 36 heavy (non-hydrogen) atoms. The summed E-state index contributed by atoms with van der Waals surface area (Å²) in [7, 11) is 0. The molecule has 1 aliphatic rings. The summed E-state index contributed by atoms with van der Waals surface area (Å²) in [5.41, 5.74) is 3.12. The second-order valence-corrected chi connectivity index (χ2v) is 10.1. The number of likely N-dealkylation sites (tertiary alicyclic amines) is 1. The van der Waals surface area contributed by atoms with Gasteiger partial charge in [0.2, 0.25) is 0 Å². The zero-order valence-electron chi connectivity index (χ0n) is 19.9. The number of hydrogen-bond acceptors (Lipinski definition) is 3. The van der Waals surface area contributed by atoms with Gasteiger partial charge in [0.15, 0.2) is 0 Å². The molecule has 0 bridgehead atoms. The maximum absolute atomic E-state index is 13.3. The van der Waals surface area contributed by atoms with E-state index in [2.05, 4.69) is 16.5 Å². The van der Waals surface area contributed by atoms with E-state index < -0.39 is 17.8 Å². The molecule has 1 fully saturated rings. The SMILES string of the molecule is C=C(c1ccc(Cl)c(Cn2cc(C)c3nc(C(F)(F)F)cc(C)c32)c1Cl)N1CCC(CC(=O)O)CC1. The number of piperidine rings is 1. The van der Waals surface area contributed by atoms with Gasteiger partial charge in [-0.1, -0.05) is 29.8 Å². The number of fused-ring (bicyclic) bond motifs is 1. The lowest BCUT2D eigenvalue weighted by molar-refractivity contribution is -0.141. The third-order valence-corrected chi connectivity index (χ3v) is 7.55. The van der Waals surface area contributed by atoms with Crippen LogP contribution in [0.4, 0.5) is 13.2 Å². The van der Waals surface area contributed by atoms with Crippen LogP contribution in [0.3, 0.4) is 0 Å². The first-order chi connectivity index (χ1) is 16.9. The standard InChI is InChI=1S/C26H26Cl2F3N3O2/c1-14-10-21(26(29,30)31)32-24-15(2)12-34(25(14)24)13-19-20(27)5-4-18(23(19)28)16(3)33-8-6-17(7-9-33)11-22(35)36/h4-5,10,12,17H,3,6-9,11,13H2,1-2H3,(H,35,36).